The number of nitro benzene ring substituents is 1. The van der Waals surface area contributed by atoms with E-state index in [0.717, 1.165) is 35.2 Å². The summed E-state index contributed by atoms with van der Waals surface area (Å²) in [6, 6.07) is 12.8. The van der Waals surface area contributed by atoms with Gasteiger partial charge in [-0.25, -0.2) is 9.97 Å². The molecule has 5 rings (SSSR count). The molecule has 2 aromatic heterocycles. The highest BCUT2D eigenvalue weighted by atomic mass is 16.6. The highest BCUT2D eigenvalue weighted by molar-refractivity contribution is 5.95. The number of nitrogens with one attached hydrogen (secondary N) is 1. The van der Waals surface area contributed by atoms with Gasteiger partial charge in [-0.1, -0.05) is 18.2 Å². The highest BCUT2D eigenvalue weighted by Gasteiger charge is 2.22. The lowest BCUT2D eigenvalue weighted by atomic mass is 10.1. The lowest BCUT2D eigenvalue weighted by Crippen LogP contribution is -2.38. The smallest absolute Gasteiger partial charge is 0.313 e. The maximum atomic E-state index is 11.9. The standard InChI is InChI=1S/C26H28N6O5/c1-30-17-19(18-5-3-4-6-22(18)30)20-7-8-27-26(28-20)29-21-15-23(32(33)34)25(16-24(21)35-2)37-14-11-31-9-12-36-13-10-31/h3-8,15-17H,9-14H2,1-2H3,(H,27,28,29). The van der Waals surface area contributed by atoms with E-state index >= 15 is 0 Å². The van der Waals surface area contributed by atoms with E-state index in [4.69, 9.17) is 14.2 Å². The van der Waals surface area contributed by atoms with Crippen LogP contribution in [0.25, 0.3) is 22.2 Å². The molecular weight excluding hydrogens is 476 g/mol. The average Bonchev–Trinajstić information content (AvgIpc) is 3.26. The molecule has 1 saturated heterocycles. The summed E-state index contributed by atoms with van der Waals surface area (Å²) in [5.41, 5.74) is 2.98. The number of anilines is 2. The first-order valence-electron chi connectivity index (χ1n) is 12.0. The Hall–Kier alpha value is -4.22. The van der Waals surface area contributed by atoms with Crippen molar-refractivity contribution in [3.63, 3.8) is 0 Å². The number of ether oxygens (including phenoxy) is 3. The number of para-hydroxylation sites is 1. The summed E-state index contributed by atoms with van der Waals surface area (Å²) < 4.78 is 18.7. The van der Waals surface area contributed by atoms with E-state index < -0.39 is 4.92 Å². The number of fused-ring (bicyclic) bond motifs is 1. The van der Waals surface area contributed by atoms with E-state index in [1.165, 1.54) is 19.2 Å². The van der Waals surface area contributed by atoms with Crippen LogP contribution >= 0.6 is 0 Å². The van der Waals surface area contributed by atoms with Crippen LogP contribution in [0.15, 0.2) is 54.9 Å². The first-order valence-corrected chi connectivity index (χ1v) is 12.0. The fourth-order valence-corrected chi connectivity index (χ4v) is 4.42. The molecule has 0 saturated carbocycles. The zero-order valence-electron chi connectivity index (χ0n) is 20.7. The van der Waals surface area contributed by atoms with Gasteiger partial charge >= 0.3 is 5.69 Å². The predicted octanol–water partition coefficient (Wildman–Crippen LogP) is 4.01. The van der Waals surface area contributed by atoms with Crippen molar-refractivity contribution >= 4 is 28.2 Å². The number of benzene rings is 2. The van der Waals surface area contributed by atoms with Crippen LogP contribution in [0.2, 0.25) is 0 Å². The molecular formula is C26H28N6O5. The molecule has 1 N–H and O–H groups in total. The van der Waals surface area contributed by atoms with E-state index in [2.05, 4.69) is 20.2 Å². The van der Waals surface area contributed by atoms with Gasteiger partial charge in [0.1, 0.15) is 12.4 Å². The molecule has 1 fully saturated rings. The Labute approximate surface area is 213 Å². The second-order valence-electron chi connectivity index (χ2n) is 8.64. The van der Waals surface area contributed by atoms with E-state index in [1.807, 2.05) is 48.1 Å². The van der Waals surface area contributed by atoms with Crippen LogP contribution in [-0.2, 0) is 11.8 Å². The zero-order chi connectivity index (χ0) is 25.8. The third-order valence-electron chi connectivity index (χ3n) is 6.32. The third kappa shape index (κ3) is 5.32. The second kappa shape index (κ2) is 10.8. The molecule has 11 heteroatoms. The minimum Gasteiger partial charge on any atom is -0.494 e. The lowest BCUT2D eigenvalue weighted by Gasteiger charge is -2.26. The zero-order valence-corrected chi connectivity index (χ0v) is 20.7. The number of rotatable bonds is 9. The summed E-state index contributed by atoms with van der Waals surface area (Å²) in [5.74, 6) is 0.816. The minimum absolute atomic E-state index is 0.145. The fourth-order valence-electron chi connectivity index (χ4n) is 4.42. The van der Waals surface area contributed by atoms with Gasteiger partial charge in [-0.15, -0.1) is 0 Å². The van der Waals surface area contributed by atoms with E-state index in [1.54, 1.807) is 6.20 Å². The summed E-state index contributed by atoms with van der Waals surface area (Å²) in [6.45, 7) is 3.95. The summed E-state index contributed by atoms with van der Waals surface area (Å²) in [6.07, 6.45) is 3.67. The summed E-state index contributed by atoms with van der Waals surface area (Å²) in [7, 11) is 3.48. The Morgan fingerprint density at radius 2 is 1.97 bits per heavy atom. The number of morpholine rings is 1. The van der Waals surface area contributed by atoms with Crippen LogP contribution in [0.5, 0.6) is 11.5 Å². The normalized spacial score (nSPS) is 14.0. The maximum Gasteiger partial charge on any atom is 0.313 e. The van der Waals surface area contributed by atoms with Crippen molar-refractivity contribution in [1.82, 2.24) is 19.4 Å². The van der Waals surface area contributed by atoms with Crippen LogP contribution < -0.4 is 14.8 Å². The van der Waals surface area contributed by atoms with Gasteiger partial charge in [0.15, 0.2) is 0 Å². The Morgan fingerprint density at radius 1 is 1.16 bits per heavy atom. The molecule has 4 aromatic rings. The Balaban J connectivity index is 1.39. The number of hydrogen-bond acceptors (Lipinski definition) is 9. The van der Waals surface area contributed by atoms with Crippen LogP contribution in [0.3, 0.4) is 0 Å². The van der Waals surface area contributed by atoms with Gasteiger partial charge in [0, 0.05) is 67.7 Å². The van der Waals surface area contributed by atoms with Gasteiger partial charge in [0.25, 0.3) is 0 Å². The molecule has 37 heavy (non-hydrogen) atoms. The first kappa shape index (κ1) is 24.5. The molecule has 0 atom stereocenters. The molecule has 11 nitrogen and oxygen atoms in total. The summed E-state index contributed by atoms with van der Waals surface area (Å²) >= 11 is 0. The maximum absolute atomic E-state index is 11.9. The summed E-state index contributed by atoms with van der Waals surface area (Å²) in [5, 5.41) is 16.0. The van der Waals surface area contributed by atoms with Crippen molar-refractivity contribution < 1.29 is 19.1 Å². The number of nitro groups is 1. The van der Waals surface area contributed by atoms with Gasteiger partial charge < -0.3 is 24.1 Å². The van der Waals surface area contributed by atoms with Crippen molar-refractivity contribution in [3.8, 4) is 22.8 Å². The average molecular weight is 505 g/mol. The molecule has 0 radical (unpaired) electrons. The lowest BCUT2D eigenvalue weighted by molar-refractivity contribution is -0.385. The number of hydrogen-bond donors (Lipinski definition) is 1. The first-order chi connectivity index (χ1) is 18.0. The van der Waals surface area contributed by atoms with Crippen molar-refractivity contribution in [3.05, 3.63) is 65.0 Å². The predicted molar refractivity (Wildman–Crippen MR) is 140 cm³/mol. The molecule has 1 aliphatic rings. The van der Waals surface area contributed by atoms with Crippen molar-refractivity contribution in [2.45, 2.75) is 0 Å². The second-order valence-corrected chi connectivity index (χ2v) is 8.64. The van der Waals surface area contributed by atoms with Crippen molar-refractivity contribution in [2.75, 3.05) is 51.9 Å². The van der Waals surface area contributed by atoms with Crippen LogP contribution in [-0.4, -0.2) is 70.9 Å². The molecule has 3 heterocycles. The van der Waals surface area contributed by atoms with Gasteiger partial charge in [-0.2, -0.15) is 0 Å². The highest BCUT2D eigenvalue weighted by Crippen LogP contribution is 2.39. The van der Waals surface area contributed by atoms with Crippen LogP contribution in [0.4, 0.5) is 17.3 Å². The molecule has 0 aliphatic carbocycles. The third-order valence-corrected chi connectivity index (χ3v) is 6.32. The van der Waals surface area contributed by atoms with Gasteiger partial charge in [0.05, 0.1) is 36.6 Å². The Morgan fingerprint density at radius 3 is 2.76 bits per heavy atom. The quantitative estimate of drug-likeness (QED) is 0.267. The molecule has 0 bridgehead atoms. The van der Waals surface area contributed by atoms with Gasteiger partial charge in [-0.3, -0.25) is 15.0 Å². The number of nitrogens with zero attached hydrogens (tertiary/aromatic N) is 5. The molecule has 192 valence electrons. The molecule has 2 aromatic carbocycles. The fraction of sp³-hybridized carbons (Fsp3) is 0.308. The molecule has 1 aliphatic heterocycles. The number of aromatic nitrogens is 3. The minimum atomic E-state index is -0.470. The largest absolute Gasteiger partial charge is 0.494 e. The van der Waals surface area contributed by atoms with Crippen LogP contribution in [0.1, 0.15) is 0 Å². The van der Waals surface area contributed by atoms with Gasteiger partial charge in [0.2, 0.25) is 11.7 Å². The van der Waals surface area contributed by atoms with Gasteiger partial charge in [-0.05, 0) is 12.1 Å². The van der Waals surface area contributed by atoms with E-state index in [9.17, 15) is 10.1 Å². The van der Waals surface area contributed by atoms with Crippen molar-refractivity contribution in [2.24, 2.45) is 7.05 Å². The Kier molecular flexibility index (Phi) is 7.15. The number of aryl methyl sites for hydroxylation is 1. The summed E-state index contributed by atoms with van der Waals surface area (Å²) in [4.78, 5) is 22.6. The van der Waals surface area contributed by atoms with Crippen LogP contribution in [0, 0.1) is 10.1 Å². The molecule has 0 spiro atoms. The van der Waals surface area contributed by atoms with Crippen molar-refractivity contribution in [1.29, 1.82) is 0 Å². The van der Waals surface area contributed by atoms with E-state index in [-0.39, 0.29) is 11.4 Å². The molecule has 0 unspecified atom stereocenters. The number of methoxy groups -OCH3 is 1. The Bertz CT molecular complexity index is 1420. The monoisotopic (exact) mass is 504 g/mol. The SMILES string of the molecule is COc1cc(OCCN2CCOCC2)c([N+](=O)[O-])cc1Nc1nccc(-c2cn(C)c3ccccc23)n1. The topological polar surface area (TPSA) is 117 Å². The van der Waals surface area contributed by atoms with E-state index in [0.29, 0.717) is 43.8 Å². The molecule has 0 amide bonds.